The topological polar surface area (TPSA) is 59.2 Å². The number of hydrogen-bond acceptors (Lipinski definition) is 5. The van der Waals surface area contributed by atoms with Gasteiger partial charge in [0.05, 0.1) is 0 Å². The summed E-state index contributed by atoms with van der Waals surface area (Å²) >= 11 is 0. The molecular weight excluding hydrogens is 350 g/mol. The molecule has 1 saturated heterocycles. The summed E-state index contributed by atoms with van der Waals surface area (Å²) in [6.45, 7) is 2.29. The maximum atomic E-state index is 11.3. The van der Waals surface area contributed by atoms with Crippen LogP contribution in [0, 0.1) is 0 Å². The van der Waals surface area contributed by atoms with Gasteiger partial charge in [-0.2, -0.15) is 4.98 Å². The summed E-state index contributed by atoms with van der Waals surface area (Å²) in [5, 5.41) is 4.26. The van der Waals surface area contributed by atoms with Crippen LogP contribution in [-0.2, 0) is 0 Å². The molecule has 0 unspecified atom stereocenters. The first kappa shape index (κ1) is 17.3. The maximum absolute atomic E-state index is 11.3. The molecule has 0 bridgehead atoms. The van der Waals surface area contributed by atoms with Crippen molar-refractivity contribution in [2.24, 2.45) is 0 Å². The molecule has 2 aromatic carbocycles. The van der Waals surface area contributed by atoms with Crippen LogP contribution >= 0.6 is 0 Å². The average Bonchev–Trinajstić information content (AvgIpc) is 3.50. The van der Waals surface area contributed by atoms with Crippen molar-refractivity contribution in [2.75, 3.05) is 13.1 Å². The fourth-order valence-corrected chi connectivity index (χ4v) is 4.14. The van der Waals surface area contributed by atoms with E-state index in [0.717, 1.165) is 60.8 Å². The summed E-state index contributed by atoms with van der Waals surface area (Å²) in [6.07, 6.45) is 5.84. The van der Waals surface area contributed by atoms with Gasteiger partial charge in [0.2, 0.25) is 0 Å². The van der Waals surface area contributed by atoms with E-state index < -0.39 is 0 Å². The number of carbonyl (C=O) groups is 1. The highest BCUT2D eigenvalue weighted by atomic mass is 16.5. The van der Waals surface area contributed by atoms with Crippen LogP contribution in [-0.4, -0.2) is 40.5 Å². The molecule has 2 heterocycles. The molecule has 1 aromatic heterocycles. The summed E-state index contributed by atoms with van der Waals surface area (Å²) in [4.78, 5) is 18.5. The molecule has 1 saturated carbocycles. The van der Waals surface area contributed by atoms with Crippen LogP contribution in [0.1, 0.15) is 47.8 Å². The van der Waals surface area contributed by atoms with Gasteiger partial charge in [0.1, 0.15) is 0 Å². The zero-order valence-corrected chi connectivity index (χ0v) is 15.8. The summed E-state index contributed by atoms with van der Waals surface area (Å²) < 4.78 is 5.55. The van der Waals surface area contributed by atoms with Gasteiger partial charge in [0.25, 0.3) is 5.89 Å². The second kappa shape index (κ2) is 7.32. The van der Waals surface area contributed by atoms with Crippen LogP contribution in [0.15, 0.2) is 53.1 Å². The van der Waals surface area contributed by atoms with Crippen molar-refractivity contribution < 1.29 is 9.32 Å². The molecule has 1 aliphatic carbocycles. The van der Waals surface area contributed by atoms with Crippen LogP contribution in [0.25, 0.3) is 22.6 Å². The minimum Gasteiger partial charge on any atom is -0.334 e. The van der Waals surface area contributed by atoms with E-state index >= 15 is 0 Å². The SMILES string of the molecule is O=Cc1ccccc1-c1ccc(-c2nc(C3CCN(C4CC4)CC3)no2)cc1. The maximum Gasteiger partial charge on any atom is 0.257 e. The van der Waals surface area contributed by atoms with Crippen LogP contribution in [0.2, 0.25) is 0 Å². The molecule has 2 fully saturated rings. The van der Waals surface area contributed by atoms with Gasteiger partial charge in [-0.15, -0.1) is 0 Å². The highest BCUT2D eigenvalue weighted by Crippen LogP contribution is 2.34. The lowest BCUT2D eigenvalue weighted by atomic mass is 9.96. The lowest BCUT2D eigenvalue weighted by molar-refractivity contribution is 0.112. The van der Waals surface area contributed by atoms with Crippen LogP contribution in [0.3, 0.4) is 0 Å². The first-order chi connectivity index (χ1) is 13.8. The van der Waals surface area contributed by atoms with Crippen LogP contribution in [0.5, 0.6) is 0 Å². The third kappa shape index (κ3) is 3.38. The monoisotopic (exact) mass is 373 g/mol. The van der Waals surface area contributed by atoms with Crippen LogP contribution < -0.4 is 0 Å². The van der Waals surface area contributed by atoms with Gasteiger partial charge in [-0.1, -0.05) is 41.6 Å². The van der Waals surface area contributed by atoms with E-state index in [1.54, 1.807) is 0 Å². The third-order valence-corrected chi connectivity index (χ3v) is 5.93. The van der Waals surface area contributed by atoms with E-state index in [9.17, 15) is 4.79 Å². The second-order valence-electron chi connectivity index (χ2n) is 7.78. The van der Waals surface area contributed by atoms with E-state index in [2.05, 4.69) is 15.0 Å². The van der Waals surface area contributed by atoms with Gasteiger partial charge in [0, 0.05) is 23.1 Å². The fraction of sp³-hybridized carbons (Fsp3) is 0.348. The normalized spacial score (nSPS) is 18.3. The Morgan fingerprint density at radius 1 is 0.929 bits per heavy atom. The molecule has 5 heteroatoms. The van der Waals surface area contributed by atoms with E-state index in [1.807, 2.05) is 48.5 Å². The van der Waals surface area contributed by atoms with Gasteiger partial charge in [0.15, 0.2) is 12.1 Å². The lowest BCUT2D eigenvalue weighted by Gasteiger charge is -2.30. The van der Waals surface area contributed by atoms with E-state index in [-0.39, 0.29) is 0 Å². The van der Waals surface area contributed by atoms with Crippen molar-refractivity contribution in [3.63, 3.8) is 0 Å². The van der Waals surface area contributed by atoms with E-state index in [4.69, 9.17) is 4.52 Å². The quantitative estimate of drug-likeness (QED) is 0.614. The summed E-state index contributed by atoms with van der Waals surface area (Å²) in [6, 6.07) is 16.4. The number of hydrogen-bond donors (Lipinski definition) is 0. The van der Waals surface area contributed by atoms with Crippen molar-refractivity contribution >= 4 is 6.29 Å². The smallest absolute Gasteiger partial charge is 0.257 e. The molecular formula is C23H23N3O2. The Bertz CT molecular complexity index is 968. The number of rotatable bonds is 5. The Morgan fingerprint density at radius 2 is 1.64 bits per heavy atom. The molecule has 0 N–H and O–H groups in total. The second-order valence-corrected chi connectivity index (χ2v) is 7.78. The molecule has 0 radical (unpaired) electrons. The van der Waals surface area contributed by atoms with Crippen molar-refractivity contribution in [1.82, 2.24) is 15.0 Å². The fourth-order valence-electron chi connectivity index (χ4n) is 4.14. The van der Waals surface area contributed by atoms with Gasteiger partial charge in [-0.3, -0.25) is 4.79 Å². The number of carbonyl (C=O) groups excluding carboxylic acids is 1. The molecule has 2 aliphatic rings. The van der Waals surface area contributed by atoms with Gasteiger partial charge >= 0.3 is 0 Å². The highest BCUT2D eigenvalue weighted by molar-refractivity contribution is 5.87. The first-order valence-electron chi connectivity index (χ1n) is 10.0. The lowest BCUT2D eigenvalue weighted by Crippen LogP contribution is -2.34. The predicted octanol–water partition coefficient (Wildman–Crippen LogP) is 4.56. The molecule has 3 aromatic rings. The molecule has 0 spiro atoms. The Balaban J connectivity index is 1.31. The van der Waals surface area contributed by atoms with Crippen LogP contribution in [0.4, 0.5) is 0 Å². The Morgan fingerprint density at radius 3 is 2.36 bits per heavy atom. The first-order valence-corrected chi connectivity index (χ1v) is 10.0. The molecule has 28 heavy (non-hydrogen) atoms. The Kier molecular flexibility index (Phi) is 4.53. The Hall–Kier alpha value is -2.79. The van der Waals surface area contributed by atoms with Gasteiger partial charge in [-0.25, -0.2) is 0 Å². The zero-order valence-electron chi connectivity index (χ0n) is 15.8. The molecule has 5 rings (SSSR count). The largest absolute Gasteiger partial charge is 0.334 e. The van der Waals surface area contributed by atoms with Crippen molar-refractivity contribution in [3.8, 4) is 22.6 Å². The van der Waals surface area contributed by atoms with E-state index in [0.29, 0.717) is 17.4 Å². The molecule has 5 nitrogen and oxygen atoms in total. The number of likely N-dealkylation sites (tertiary alicyclic amines) is 1. The third-order valence-electron chi connectivity index (χ3n) is 5.93. The average molecular weight is 373 g/mol. The Labute approximate surface area is 164 Å². The van der Waals surface area contributed by atoms with Gasteiger partial charge in [-0.05, 0) is 62.0 Å². The van der Waals surface area contributed by atoms with Crippen molar-refractivity contribution in [2.45, 2.75) is 37.6 Å². The molecule has 0 atom stereocenters. The minimum absolute atomic E-state index is 0.395. The number of aldehydes is 1. The number of benzene rings is 2. The molecule has 0 amide bonds. The zero-order chi connectivity index (χ0) is 18.9. The predicted molar refractivity (Wildman–Crippen MR) is 107 cm³/mol. The minimum atomic E-state index is 0.395. The van der Waals surface area contributed by atoms with Gasteiger partial charge < -0.3 is 9.42 Å². The summed E-state index contributed by atoms with van der Waals surface area (Å²) in [5.41, 5.74) is 3.52. The van der Waals surface area contributed by atoms with Crippen molar-refractivity contribution in [1.29, 1.82) is 0 Å². The number of piperidine rings is 1. The van der Waals surface area contributed by atoms with E-state index in [1.165, 1.54) is 12.8 Å². The highest BCUT2D eigenvalue weighted by Gasteiger charge is 2.33. The standard InChI is InChI=1S/C23H23N3O2/c27-15-19-3-1-2-4-21(19)16-5-7-18(8-6-16)23-24-22(25-28-23)17-11-13-26(14-12-17)20-9-10-20/h1-8,15,17,20H,9-14H2. The molecule has 142 valence electrons. The summed E-state index contributed by atoms with van der Waals surface area (Å²) in [5.74, 6) is 1.79. The number of aromatic nitrogens is 2. The van der Waals surface area contributed by atoms with Crippen molar-refractivity contribution in [3.05, 3.63) is 59.9 Å². The summed E-state index contributed by atoms with van der Waals surface area (Å²) in [7, 11) is 0. The molecule has 1 aliphatic heterocycles. The number of nitrogens with zero attached hydrogens (tertiary/aromatic N) is 3.